The zero-order valence-electron chi connectivity index (χ0n) is 14.5. The fraction of sp³-hybridized carbons (Fsp3) is 0.316. The van der Waals surface area contributed by atoms with Gasteiger partial charge in [0.15, 0.2) is 0 Å². The number of aryl methyl sites for hydroxylation is 2. The number of fused-ring (bicyclic) bond motifs is 1. The molecule has 130 valence electrons. The molecule has 0 aliphatic heterocycles. The predicted octanol–water partition coefficient (Wildman–Crippen LogP) is 3.07. The topological polar surface area (TPSA) is 83.0 Å². The number of carbonyl (C=O) groups is 1. The van der Waals surface area contributed by atoms with Crippen LogP contribution >= 0.6 is 0 Å². The molecule has 0 unspecified atom stereocenters. The summed E-state index contributed by atoms with van der Waals surface area (Å²) < 4.78 is 7.46. The van der Waals surface area contributed by atoms with E-state index in [1.54, 1.807) is 6.20 Å². The summed E-state index contributed by atoms with van der Waals surface area (Å²) >= 11 is 0. The molecule has 6 heteroatoms. The number of aromatic nitrogens is 3. The first-order valence-corrected chi connectivity index (χ1v) is 8.43. The van der Waals surface area contributed by atoms with Crippen LogP contribution in [0.25, 0.3) is 22.3 Å². The Morgan fingerprint density at radius 2 is 2.16 bits per heavy atom. The highest BCUT2D eigenvalue weighted by molar-refractivity contribution is 5.81. The first kappa shape index (κ1) is 17.0. The van der Waals surface area contributed by atoms with E-state index in [1.807, 2.05) is 42.8 Å². The molecule has 3 rings (SSSR count). The van der Waals surface area contributed by atoms with Crippen molar-refractivity contribution in [3.8, 4) is 17.0 Å². The van der Waals surface area contributed by atoms with Gasteiger partial charge >= 0.3 is 0 Å². The lowest BCUT2D eigenvalue weighted by Gasteiger charge is -2.09. The molecule has 0 radical (unpaired) electrons. The predicted molar refractivity (Wildman–Crippen MR) is 97.3 cm³/mol. The number of carbonyl (C=O) groups excluding carboxylic acids is 1. The molecule has 25 heavy (non-hydrogen) atoms. The van der Waals surface area contributed by atoms with Crippen molar-refractivity contribution >= 4 is 16.9 Å². The van der Waals surface area contributed by atoms with E-state index in [9.17, 15) is 4.79 Å². The second kappa shape index (κ2) is 7.34. The van der Waals surface area contributed by atoms with E-state index in [4.69, 9.17) is 15.5 Å². The van der Waals surface area contributed by atoms with Crippen LogP contribution in [0.5, 0.6) is 5.75 Å². The third-order valence-electron chi connectivity index (χ3n) is 4.02. The standard InChI is InChI=1S/C19H22N4O2/c1-3-25-15-7-4-6-14(11-15)16-10-13(2)19-17(22-16)12-21-23(19)9-5-8-18(20)24/h4,6-7,10-12H,3,5,8-9H2,1-2H3,(H2,20,24). The van der Waals surface area contributed by atoms with Crippen molar-refractivity contribution in [3.05, 3.63) is 42.1 Å². The molecule has 2 N–H and O–H groups in total. The number of hydrogen-bond donors (Lipinski definition) is 1. The summed E-state index contributed by atoms with van der Waals surface area (Å²) in [5.74, 6) is 0.546. The fourth-order valence-corrected chi connectivity index (χ4v) is 2.93. The minimum Gasteiger partial charge on any atom is -0.494 e. The number of rotatable bonds is 7. The number of hydrogen-bond acceptors (Lipinski definition) is 4. The number of primary amides is 1. The number of amides is 1. The Morgan fingerprint density at radius 1 is 1.32 bits per heavy atom. The first-order chi connectivity index (χ1) is 12.1. The van der Waals surface area contributed by atoms with Crippen LogP contribution < -0.4 is 10.5 Å². The zero-order chi connectivity index (χ0) is 17.8. The van der Waals surface area contributed by atoms with E-state index >= 15 is 0 Å². The molecule has 0 aliphatic carbocycles. The van der Waals surface area contributed by atoms with E-state index in [1.165, 1.54) is 0 Å². The molecular weight excluding hydrogens is 316 g/mol. The largest absolute Gasteiger partial charge is 0.494 e. The quantitative estimate of drug-likeness (QED) is 0.717. The molecule has 1 amide bonds. The van der Waals surface area contributed by atoms with Gasteiger partial charge in [-0.25, -0.2) is 4.98 Å². The fourth-order valence-electron chi connectivity index (χ4n) is 2.93. The summed E-state index contributed by atoms with van der Waals surface area (Å²) in [6, 6.07) is 9.98. The molecule has 1 aromatic carbocycles. The summed E-state index contributed by atoms with van der Waals surface area (Å²) in [7, 11) is 0. The smallest absolute Gasteiger partial charge is 0.217 e. The molecular formula is C19H22N4O2. The summed E-state index contributed by atoms with van der Waals surface area (Å²) in [4.78, 5) is 15.6. The van der Waals surface area contributed by atoms with Gasteiger partial charge in [0, 0.05) is 18.5 Å². The number of benzene rings is 1. The van der Waals surface area contributed by atoms with Crippen LogP contribution in [-0.2, 0) is 11.3 Å². The second-order valence-electron chi connectivity index (χ2n) is 5.96. The van der Waals surface area contributed by atoms with Crippen molar-refractivity contribution < 1.29 is 9.53 Å². The molecule has 0 spiro atoms. The van der Waals surface area contributed by atoms with Crippen molar-refractivity contribution in [2.24, 2.45) is 5.73 Å². The van der Waals surface area contributed by atoms with Crippen LogP contribution in [0.3, 0.4) is 0 Å². The Bertz CT molecular complexity index is 902. The van der Waals surface area contributed by atoms with Crippen LogP contribution in [0, 0.1) is 6.92 Å². The molecule has 0 saturated heterocycles. The van der Waals surface area contributed by atoms with E-state index in [0.29, 0.717) is 26.0 Å². The summed E-state index contributed by atoms with van der Waals surface area (Å²) in [5.41, 5.74) is 10.0. The molecule has 0 bridgehead atoms. The number of nitrogens with two attached hydrogens (primary N) is 1. The Kier molecular flexibility index (Phi) is 4.97. The Hall–Kier alpha value is -2.89. The van der Waals surface area contributed by atoms with E-state index < -0.39 is 0 Å². The lowest BCUT2D eigenvalue weighted by Crippen LogP contribution is -2.12. The van der Waals surface area contributed by atoms with E-state index in [0.717, 1.165) is 33.6 Å². The Labute approximate surface area is 146 Å². The highest BCUT2D eigenvalue weighted by Crippen LogP contribution is 2.27. The molecule has 3 aromatic rings. The zero-order valence-corrected chi connectivity index (χ0v) is 14.5. The van der Waals surface area contributed by atoms with Gasteiger partial charge in [0.05, 0.1) is 24.0 Å². The van der Waals surface area contributed by atoms with Crippen LogP contribution in [0.15, 0.2) is 36.5 Å². The lowest BCUT2D eigenvalue weighted by molar-refractivity contribution is -0.118. The SMILES string of the molecule is CCOc1cccc(-c2cc(C)c3c(cnn3CCCC(N)=O)n2)c1. The van der Waals surface area contributed by atoms with Gasteiger partial charge in [-0.3, -0.25) is 9.48 Å². The normalized spacial score (nSPS) is 11.0. The van der Waals surface area contributed by atoms with Gasteiger partial charge < -0.3 is 10.5 Å². The second-order valence-corrected chi connectivity index (χ2v) is 5.96. The van der Waals surface area contributed by atoms with E-state index in [-0.39, 0.29) is 5.91 Å². The van der Waals surface area contributed by atoms with Crippen LogP contribution in [-0.4, -0.2) is 27.3 Å². The first-order valence-electron chi connectivity index (χ1n) is 8.43. The van der Waals surface area contributed by atoms with E-state index in [2.05, 4.69) is 11.2 Å². The average molecular weight is 338 g/mol. The molecule has 0 atom stereocenters. The molecule has 6 nitrogen and oxygen atoms in total. The van der Waals surface area contributed by atoms with Crippen molar-refractivity contribution in [2.75, 3.05) is 6.61 Å². The third-order valence-corrected chi connectivity index (χ3v) is 4.02. The van der Waals surface area contributed by atoms with Crippen molar-refractivity contribution in [2.45, 2.75) is 33.2 Å². The summed E-state index contributed by atoms with van der Waals surface area (Å²) in [6.45, 7) is 5.29. The van der Waals surface area contributed by atoms with Gasteiger partial charge in [-0.2, -0.15) is 5.10 Å². The van der Waals surface area contributed by atoms with Gasteiger partial charge in [-0.05, 0) is 44.0 Å². The molecule has 2 heterocycles. The molecule has 0 saturated carbocycles. The van der Waals surface area contributed by atoms with Crippen LogP contribution in [0.2, 0.25) is 0 Å². The minimum absolute atomic E-state index is 0.289. The maximum absolute atomic E-state index is 10.9. The van der Waals surface area contributed by atoms with Gasteiger partial charge in [-0.15, -0.1) is 0 Å². The summed E-state index contributed by atoms with van der Waals surface area (Å²) in [6.07, 6.45) is 2.79. The van der Waals surface area contributed by atoms with Crippen molar-refractivity contribution in [3.63, 3.8) is 0 Å². The third kappa shape index (κ3) is 3.79. The minimum atomic E-state index is -0.289. The lowest BCUT2D eigenvalue weighted by atomic mass is 10.1. The maximum Gasteiger partial charge on any atom is 0.217 e. The maximum atomic E-state index is 10.9. The Balaban J connectivity index is 1.92. The highest BCUT2D eigenvalue weighted by Gasteiger charge is 2.11. The average Bonchev–Trinajstić information content (AvgIpc) is 2.99. The number of ether oxygens (including phenoxy) is 1. The highest BCUT2D eigenvalue weighted by atomic mass is 16.5. The van der Waals surface area contributed by atoms with Gasteiger partial charge in [0.1, 0.15) is 11.3 Å². The van der Waals surface area contributed by atoms with Gasteiger partial charge in [-0.1, -0.05) is 12.1 Å². The van der Waals surface area contributed by atoms with Crippen LogP contribution in [0.4, 0.5) is 0 Å². The van der Waals surface area contributed by atoms with Crippen molar-refractivity contribution in [1.82, 2.24) is 14.8 Å². The number of pyridine rings is 1. The summed E-state index contributed by atoms with van der Waals surface area (Å²) in [5, 5.41) is 4.41. The number of nitrogens with zero attached hydrogens (tertiary/aromatic N) is 3. The van der Waals surface area contributed by atoms with Gasteiger partial charge in [0.2, 0.25) is 5.91 Å². The molecule has 0 fully saturated rings. The Morgan fingerprint density at radius 3 is 2.92 bits per heavy atom. The monoisotopic (exact) mass is 338 g/mol. The van der Waals surface area contributed by atoms with Gasteiger partial charge in [0.25, 0.3) is 0 Å². The van der Waals surface area contributed by atoms with Crippen LogP contribution in [0.1, 0.15) is 25.3 Å². The molecule has 2 aromatic heterocycles. The molecule has 0 aliphatic rings. The van der Waals surface area contributed by atoms with Crippen molar-refractivity contribution in [1.29, 1.82) is 0 Å².